The Balaban J connectivity index is 0.000000371. The van der Waals surface area contributed by atoms with Crippen LogP contribution in [0.25, 0.3) is 0 Å². The van der Waals surface area contributed by atoms with Crippen LogP contribution in [-0.4, -0.2) is 29.3 Å². The minimum atomic E-state index is -0.186. The minimum absolute atomic E-state index is 0.186. The second-order valence-corrected chi connectivity index (χ2v) is 2.29. The van der Waals surface area contributed by atoms with Crippen LogP contribution in [0, 0.1) is 0 Å². The zero-order valence-corrected chi connectivity index (χ0v) is 6.88. The number of aliphatic hydroxyl groups excluding tert-OH is 1. The first-order valence-electron chi connectivity index (χ1n) is 3.97. The van der Waals surface area contributed by atoms with Gasteiger partial charge in [-0.25, -0.2) is 5.01 Å². The average Bonchev–Trinajstić information content (AvgIpc) is 1.91. The molecule has 3 nitrogen and oxygen atoms in total. The Bertz CT molecular complexity index is 70.0. The lowest BCUT2D eigenvalue weighted by Crippen LogP contribution is -2.42. The van der Waals surface area contributed by atoms with Crippen molar-refractivity contribution in [3.8, 4) is 0 Å². The zero-order valence-electron chi connectivity index (χ0n) is 6.88. The summed E-state index contributed by atoms with van der Waals surface area (Å²) >= 11 is 0. The number of hydrogen-bond acceptors (Lipinski definition) is 3. The van der Waals surface area contributed by atoms with Gasteiger partial charge in [-0.3, -0.25) is 5.84 Å². The van der Waals surface area contributed by atoms with Gasteiger partial charge in [0, 0.05) is 13.1 Å². The molecule has 0 amide bonds. The van der Waals surface area contributed by atoms with E-state index in [-0.39, 0.29) is 6.10 Å². The molecule has 0 radical (unpaired) electrons. The van der Waals surface area contributed by atoms with E-state index in [0.29, 0.717) is 6.54 Å². The van der Waals surface area contributed by atoms with Crippen molar-refractivity contribution in [1.82, 2.24) is 5.01 Å². The highest BCUT2D eigenvalue weighted by molar-refractivity contribution is 4.66. The van der Waals surface area contributed by atoms with E-state index in [1.54, 1.807) is 5.01 Å². The molecule has 0 aromatic heterocycles. The van der Waals surface area contributed by atoms with Gasteiger partial charge in [0.2, 0.25) is 0 Å². The summed E-state index contributed by atoms with van der Waals surface area (Å²) in [5.41, 5.74) is 0. The van der Waals surface area contributed by atoms with Crippen LogP contribution in [0.4, 0.5) is 0 Å². The maximum Gasteiger partial charge on any atom is 0.0681 e. The Morgan fingerprint density at radius 2 is 2.10 bits per heavy atom. The van der Waals surface area contributed by atoms with Crippen molar-refractivity contribution in [1.29, 1.82) is 0 Å². The number of nitrogens with zero attached hydrogens (tertiary/aromatic N) is 1. The fraction of sp³-hybridized carbons (Fsp3) is 1.00. The third kappa shape index (κ3) is 3.82. The molecule has 0 saturated carbocycles. The molecule has 1 atom stereocenters. The molecule has 1 aliphatic rings. The van der Waals surface area contributed by atoms with Crippen LogP contribution in [0.5, 0.6) is 0 Å². The van der Waals surface area contributed by atoms with Crippen molar-refractivity contribution >= 4 is 0 Å². The summed E-state index contributed by atoms with van der Waals surface area (Å²) in [6, 6.07) is 0. The average molecular weight is 146 g/mol. The lowest BCUT2D eigenvalue weighted by atomic mass is 10.1. The number of β-amino-alcohol motifs (C(OH)–C–C–N with tert-alkyl or cyclic N) is 1. The largest absolute Gasteiger partial charge is 0.392 e. The van der Waals surface area contributed by atoms with Crippen LogP contribution in [0.2, 0.25) is 0 Å². The van der Waals surface area contributed by atoms with Crippen molar-refractivity contribution in [2.75, 3.05) is 13.1 Å². The molecule has 0 aromatic carbocycles. The number of hydrazine groups is 1. The van der Waals surface area contributed by atoms with Gasteiger partial charge >= 0.3 is 0 Å². The van der Waals surface area contributed by atoms with Crippen LogP contribution in [0.15, 0.2) is 0 Å². The Kier molecular flexibility index (Phi) is 5.58. The molecule has 1 aliphatic heterocycles. The number of nitrogens with two attached hydrogens (primary N) is 1. The van der Waals surface area contributed by atoms with Crippen LogP contribution in [-0.2, 0) is 0 Å². The zero-order chi connectivity index (χ0) is 7.98. The summed E-state index contributed by atoms with van der Waals surface area (Å²) in [7, 11) is 0. The monoisotopic (exact) mass is 146 g/mol. The molecule has 0 spiro atoms. The van der Waals surface area contributed by atoms with Crippen LogP contribution < -0.4 is 5.84 Å². The van der Waals surface area contributed by atoms with Gasteiger partial charge in [-0.05, 0) is 12.8 Å². The Morgan fingerprint density at radius 1 is 1.50 bits per heavy atom. The molecule has 1 saturated heterocycles. The minimum Gasteiger partial charge on any atom is -0.392 e. The first kappa shape index (κ1) is 9.88. The predicted molar refractivity (Wildman–Crippen MR) is 42.3 cm³/mol. The van der Waals surface area contributed by atoms with E-state index in [1.807, 2.05) is 13.8 Å². The van der Waals surface area contributed by atoms with E-state index >= 15 is 0 Å². The summed E-state index contributed by atoms with van der Waals surface area (Å²) in [4.78, 5) is 0. The SMILES string of the molecule is CC.NN1CCCC(O)C1. The first-order chi connectivity index (χ1) is 4.79. The van der Waals surface area contributed by atoms with Gasteiger partial charge in [-0.15, -0.1) is 0 Å². The maximum absolute atomic E-state index is 8.96. The van der Waals surface area contributed by atoms with E-state index in [4.69, 9.17) is 10.9 Å². The molecule has 62 valence electrons. The summed E-state index contributed by atoms with van der Waals surface area (Å²) in [5.74, 6) is 5.40. The highest BCUT2D eigenvalue weighted by Gasteiger charge is 2.13. The molecule has 1 unspecified atom stereocenters. The first-order valence-corrected chi connectivity index (χ1v) is 3.97. The quantitative estimate of drug-likeness (QED) is 0.485. The van der Waals surface area contributed by atoms with E-state index in [1.165, 1.54) is 0 Å². The second kappa shape index (κ2) is 5.65. The van der Waals surface area contributed by atoms with E-state index < -0.39 is 0 Å². The Labute approximate surface area is 62.8 Å². The molecule has 3 heteroatoms. The summed E-state index contributed by atoms with van der Waals surface area (Å²) in [6.45, 7) is 5.57. The fourth-order valence-electron chi connectivity index (χ4n) is 0.983. The Hall–Kier alpha value is -0.120. The van der Waals surface area contributed by atoms with E-state index in [2.05, 4.69) is 0 Å². The molecule has 3 N–H and O–H groups in total. The number of piperidine rings is 1. The van der Waals surface area contributed by atoms with Gasteiger partial charge in [-0.1, -0.05) is 13.8 Å². The van der Waals surface area contributed by atoms with Crippen LogP contribution in [0.3, 0.4) is 0 Å². The lowest BCUT2D eigenvalue weighted by molar-refractivity contribution is 0.0710. The van der Waals surface area contributed by atoms with E-state index in [9.17, 15) is 0 Å². The van der Waals surface area contributed by atoms with Crippen molar-refractivity contribution in [2.24, 2.45) is 5.84 Å². The molecular formula is C7H18N2O. The Morgan fingerprint density at radius 3 is 2.40 bits per heavy atom. The number of rotatable bonds is 0. The predicted octanol–water partition coefficient (Wildman–Crippen LogP) is 0.343. The highest BCUT2D eigenvalue weighted by atomic mass is 16.3. The topological polar surface area (TPSA) is 49.5 Å². The molecule has 0 aliphatic carbocycles. The second-order valence-electron chi connectivity index (χ2n) is 2.29. The van der Waals surface area contributed by atoms with Crippen molar-refractivity contribution in [3.05, 3.63) is 0 Å². The third-order valence-electron chi connectivity index (χ3n) is 1.43. The van der Waals surface area contributed by atoms with Gasteiger partial charge < -0.3 is 5.11 Å². The molecular weight excluding hydrogens is 128 g/mol. The smallest absolute Gasteiger partial charge is 0.0681 e. The highest BCUT2D eigenvalue weighted by Crippen LogP contribution is 2.04. The van der Waals surface area contributed by atoms with Crippen molar-refractivity contribution in [3.63, 3.8) is 0 Å². The summed E-state index contributed by atoms with van der Waals surface area (Å²) in [5, 5.41) is 10.6. The lowest BCUT2D eigenvalue weighted by Gasteiger charge is -2.25. The van der Waals surface area contributed by atoms with Crippen molar-refractivity contribution in [2.45, 2.75) is 32.8 Å². The van der Waals surface area contributed by atoms with Crippen LogP contribution >= 0.6 is 0 Å². The molecule has 1 fully saturated rings. The number of hydrogen-bond donors (Lipinski definition) is 2. The molecule has 10 heavy (non-hydrogen) atoms. The molecule has 0 bridgehead atoms. The molecule has 1 rings (SSSR count). The summed E-state index contributed by atoms with van der Waals surface area (Å²) in [6.07, 6.45) is 1.75. The van der Waals surface area contributed by atoms with Gasteiger partial charge in [-0.2, -0.15) is 0 Å². The van der Waals surface area contributed by atoms with Crippen molar-refractivity contribution < 1.29 is 5.11 Å². The standard InChI is InChI=1S/C5H12N2O.C2H6/c6-7-3-1-2-5(8)4-7;1-2/h5,8H,1-4,6H2;1-2H3. The summed E-state index contributed by atoms with van der Waals surface area (Å²) < 4.78 is 0. The normalized spacial score (nSPS) is 27.0. The van der Waals surface area contributed by atoms with Gasteiger partial charge in [0.15, 0.2) is 0 Å². The van der Waals surface area contributed by atoms with E-state index in [0.717, 1.165) is 19.4 Å². The third-order valence-corrected chi connectivity index (χ3v) is 1.43. The molecule has 0 aromatic rings. The fourth-order valence-corrected chi connectivity index (χ4v) is 0.983. The number of aliphatic hydroxyl groups is 1. The van der Waals surface area contributed by atoms with Gasteiger partial charge in [0.1, 0.15) is 0 Å². The molecule has 1 heterocycles. The maximum atomic E-state index is 8.96. The van der Waals surface area contributed by atoms with Crippen LogP contribution in [0.1, 0.15) is 26.7 Å². The van der Waals surface area contributed by atoms with Gasteiger partial charge in [0.05, 0.1) is 6.10 Å². The van der Waals surface area contributed by atoms with Gasteiger partial charge in [0.25, 0.3) is 0 Å².